The molecule has 0 aliphatic rings. The summed E-state index contributed by atoms with van der Waals surface area (Å²) in [7, 11) is 1.69. The summed E-state index contributed by atoms with van der Waals surface area (Å²) in [6.07, 6.45) is 0. The lowest BCUT2D eigenvalue weighted by atomic mass is 10.4. The topological polar surface area (TPSA) is 110 Å². The highest BCUT2D eigenvalue weighted by Crippen LogP contribution is 2.32. The van der Waals surface area contributed by atoms with E-state index < -0.39 is 4.92 Å². The third kappa shape index (κ3) is 2.56. The number of nitro groups is 1. The monoisotopic (exact) mass is 266 g/mol. The van der Waals surface area contributed by atoms with Crippen LogP contribution in [0.3, 0.4) is 0 Å². The van der Waals surface area contributed by atoms with Gasteiger partial charge >= 0.3 is 5.69 Å². The maximum absolute atomic E-state index is 10.9. The van der Waals surface area contributed by atoms with Gasteiger partial charge in [-0.25, -0.2) is 9.97 Å². The fourth-order valence-corrected chi connectivity index (χ4v) is 2.08. The molecule has 0 atom stereocenters. The Labute approximate surface area is 106 Å². The van der Waals surface area contributed by atoms with Crippen LogP contribution in [0.4, 0.5) is 11.5 Å². The Morgan fingerprint density at radius 3 is 2.78 bits per heavy atom. The zero-order valence-electron chi connectivity index (χ0n) is 9.67. The van der Waals surface area contributed by atoms with Gasteiger partial charge < -0.3 is 5.32 Å². The van der Waals surface area contributed by atoms with E-state index in [9.17, 15) is 10.1 Å². The zero-order chi connectivity index (χ0) is 13.1. The molecule has 0 saturated carbocycles. The molecule has 0 aliphatic carbocycles. The van der Waals surface area contributed by atoms with Crippen molar-refractivity contribution in [2.45, 2.75) is 17.1 Å². The Kier molecular flexibility index (Phi) is 3.42. The SMILES string of the molecule is CNc1ccc([N+](=O)[O-])c(Sc2n[nH]c(C)n2)n1. The number of aromatic nitrogens is 4. The average molecular weight is 266 g/mol. The highest BCUT2D eigenvalue weighted by atomic mass is 32.2. The van der Waals surface area contributed by atoms with E-state index in [1.54, 1.807) is 20.0 Å². The van der Waals surface area contributed by atoms with Crippen molar-refractivity contribution in [2.75, 3.05) is 12.4 Å². The van der Waals surface area contributed by atoms with Crippen LogP contribution < -0.4 is 5.32 Å². The highest BCUT2D eigenvalue weighted by Gasteiger charge is 2.18. The summed E-state index contributed by atoms with van der Waals surface area (Å²) in [6.45, 7) is 1.75. The van der Waals surface area contributed by atoms with E-state index in [0.29, 0.717) is 16.8 Å². The molecule has 0 saturated heterocycles. The lowest BCUT2D eigenvalue weighted by molar-refractivity contribution is -0.388. The second kappa shape index (κ2) is 5.00. The lowest BCUT2D eigenvalue weighted by Gasteiger charge is -2.02. The quantitative estimate of drug-likeness (QED) is 0.639. The molecule has 18 heavy (non-hydrogen) atoms. The van der Waals surface area contributed by atoms with Gasteiger partial charge in [-0.2, -0.15) is 0 Å². The fraction of sp³-hybridized carbons (Fsp3) is 0.222. The number of aryl methyl sites for hydroxylation is 1. The van der Waals surface area contributed by atoms with Crippen molar-refractivity contribution in [2.24, 2.45) is 0 Å². The Hall–Kier alpha value is -2.16. The zero-order valence-corrected chi connectivity index (χ0v) is 10.5. The molecule has 2 aromatic heterocycles. The molecule has 8 nitrogen and oxygen atoms in total. The second-order valence-corrected chi connectivity index (χ2v) is 4.29. The standard InChI is InChI=1S/C9H10N6O2S/c1-5-11-9(14-13-5)18-8-6(15(16)17)3-4-7(10-2)12-8/h3-4H,1-2H3,(H,10,12)(H,11,13,14). The number of H-pyrrole nitrogens is 1. The Balaban J connectivity index is 2.37. The minimum atomic E-state index is -0.478. The van der Waals surface area contributed by atoms with E-state index in [1.165, 1.54) is 6.07 Å². The summed E-state index contributed by atoms with van der Waals surface area (Å²) in [5.41, 5.74) is -0.0681. The van der Waals surface area contributed by atoms with E-state index in [1.807, 2.05) is 0 Å². The van der Waals surface area contributed by atoms with Crippen LogP contribution in [0.5, 0.6) is 0 Å². The van der Waals surface area contributed by atoms with Crippen LogP contribution in [-0.2, 0) is 0 Å². The van der Waals surface area contributed by atoms with Crippen molar-refractivity contribution in [3.8, 4) is 0 Å². The number of nitrogens with zero attached hydrogens (tertiary/aromatic N) is 4. The molecule has 9 heteroatoms. The molecule has 2 aromatic rings. The minimum Gasteiger partial charge on any atom is -0.373 e. The van der Waals surface area contributed by atoms with E-state index in [0.717, 1.165) is 11.8 Å². The smallest absolute Gasteiger partial charge is 0.301 e. The number of hydrogen-bond donors (Lipinski definition) is 2. The molecular weight excluding hydrogens is 256 g/mol. The second-order valence-electron chi connectivity index (χ2n) is 3.33. The van der Waals surface area contributed by atoms with Gasteiger partial charge in [0.15, 0.2) is 5.03 Å². The van der Waals surface area contributed by atoms with Crippen LogP contribution in [0.25, 0.3) is 0 Å². The van der Waals surface area contributed by atoms with Crippen LogP contribution in [0.15, 0.2) is 22.3 Å². The summed E-state index contributed by atoms with van der Waals surface area (Å²) in [4.78, 5) is 18.6. The number of aromatic amines is 1. The van der Waals surface area contributed by atoms with Gasteiger partial charge in [-0.15, -0.1) is 5.10 Å². The van der Waals surface area contributed by atoms with Gasteiger partial charge in [0.25, 0.3) is 0 Å². The molecule has 2 N–H and O–H groups in total. The van der Waals surface area contributed by atoms with E-state index in [-0.39, 0.29) is 10.7 Å². The van der Waals surface area contributed by atoms with Crippen LogP contribution in [0.2, 0.25) is 0 Å². The van der Waals surface area contributed by atoms with Gasteiger partial charge in [-0.1, -0.05) is 0 Å². The van der Waals surface area contributed by atoms with Gasteiger partial charge in [-0.05, 0) is 24.8 Å². The van der Waals surface area contributed by atoms with Crippen LogP contribution >= 0.6 is 11.8 Å². The van der Waals surface area contributed by atoms with Crippen molar-refractivity contribution < 1.29 is 4.92 Å². The first-order chi connectivity index (χ1) is 8.60. The van der Waals surface area contributed by atoms with Crippen LogP contribution in [0, 0.1) is 17.0 Å². The summed E-state index contributed by atoms with van der Waals surface area (Å²) < 4.78 is 0. The van der Waals surface area contributed by atoms with Gasteiger partial charge in [0.1, 0.15) is 11.6 Å². The fourth-order valence-electron chi connectivity index (χ4n) is 1.24. The van der Waals surface area contributed by atoms with Crippen molar-refractivity contribution in [3.05, 3.63) is 28.1 Å². The molecule has 0 fully saturated rings. The van der Waals surface area contributed by atoms with E-state index >= 15 is 0 Å². The molecule has 0 spiro atoms. The number of nitrogens with one attached hydrogen (secondary N) is 2. The maximum Gasteiger partial charge on any atom is 0.301 e. The van der Waals surface area contributed by atoms with Crippen molar-refractivity contribution in [3.63, 3.8) is 0 Å². The predicted molar refractivity (Wildman–Crippen MR) is 65.7 cm³/mol. The molecule has 0 radical (unpaired) electrons. The minimum absolute atomic E-state index is 0.0681. The molecule has 0 aliphatic heterocycles. The summed E-state index contributed by atoms with van der Waals surface area (Å²) in [5.74, 6) is 1.19. The van der Waals surface area contributed by atoms with Crippen molar-refractivity contribution in [1.29, 1.82) is 0 Å². The van der Waals surface area contributed by atoms with Gasteiger partial charge in [0.05, 0.1) is 4.92 Å². The Morgan fingerprint density at radius 1 is 1.44 bits per heavy atom. The van der Waals surface area contributed by atoms with Crippen molar-refractivity contribution in [1.82, 2.24) is 20.2 Å². The first-order valence-corrected chi connectivity index (χ1v) is 5.82. The molecule has 2 heterocycles. The first kappa shape index (κ1) is 12.3. The summed E-state index contributed by atoms with van der Waals surface area (Å²) in [5, 5.41) is 21.0. The molecule has 0 unspecified atom stereocenters. The first-order valence-electron chi connectivity index (χ1n) is 5.00. The molecular formula is C9H10N6O2S. The molecule has 0 amide bonds. The van der Waals surface area contributed by atoms with Gasteiger partial charge in [0.2, 0.25) is 5.16 Å². The Bertz CT molecular complexity index is 584. The van der Waals surface area contributed by atoms with E-state index in [4.69, 9.17) is 0 Å². The summed E-state index contributed by atoms with van der Waals surface area (Å²) in [6, 6.07) is 2.95. The Morgan fingerprint density at radius 2 is 2.22 bits per heavy atom. The number of anilines is 1. The average Bonchev–Trinajstić information content (AvgIpc) is 2.74. The van der Waals surface area contributed by atoms with Gasteiger partial charge in [0, 0.05) is 13.1 Å². The molecule has 0 bridgehead atoms. The van der Waals surface area contributed by atoms with Crippen molar-refractivity contribution >= 4 is 23.3 Å². The number of hydrogen-bond acceptors (Lipinski definition) is 7. The largest absolute Gasteiger partial charge is 0.373 e. The maximum atomic E-state index is 10.9. The van der Waals surface area contributed by atoms with Crippen LogP contribution in [0.1, 0.15) is 5.82 Å². The van der Waals surface area contributed by atoms with Gasteiger partial charge in [-0.3, -0.25) is 15.2 Å². The molecule has 2 rings (SSSR count). The predicted octanol–water partition coefficient (Wildman–Crippen LogP) is 1.61. The highest BCUT2D eigenvalue weighted by molar-refractivity contribution is 7.99. The third-order valence-electron chi connectivity index (χ3n) is 2.06. The molecule has 0 aromatic carbocycles. The molecule has 94 valence electrons. The normalized spacial score (nSPS) is 10.3. The summed E-state index contributed by atoms with van der Waals surface area (Å²) >= 11 is 1.05. The number of rotatable bonds is 4. The third-order valence-corrected chi connectivity index (χ3v) is 2.92. The number of pyridine rings is 1. The van der Waals surface area contributed by atoms with E-state index in [2.05, 4.69) is 25.5 Å². The lowest BCUT2D eigenvalue weighted by Crippen LogP contribution is -1.98. The van der Waals surface area contributed by atoms with Crippen LogP contribution in [-0.4, -0.2) is 32.1 Å².